The number of unbranched alkanes of at least 4 members (excludes halogenated alkanes) is 3. The highest BCUT2D eigenvalue weighted by atomic mass is 16.5. The third-order valence-corrected chi connectivity index (χ3v) is 3.05. The van der Waals surface area contributed by atoms with Gasteiger partial charge in [-0.15, -0.1) is 0 Å². The number of carbonyl (C=O) groups is 1. The van der Waals surface area contributed by atoms with Gasteiger partial charge >= 0.3 is 0 Å². The van der Waals surface area contributed by atoms with Crippen molar-refractivity contribution >= 4 is 6.29 Å². The average Bonchev–Trinajstić information content (AvgIpc) is 2.42. The molecule has 1 rings (SSSR count). The first-order valence-electron chi connectivity index (χ1n) is 6.46. The van der Waals surface area contributed by atoms with Gasteiger partial charge < -0.3 is 9.47 Å². The molecule has 0 unspecified atom stereocenters. The third-order valence-electron chi connectivity index (χ3n) is 3.05. The van der Waals surface area contributed by atoms with E-state index in [4.69, 9.17) is 9.47 Å². The number of hydrogen-bond donors (Lipinski definition) is 0. The summed E-state index contributed by atoms with van der Waals surface area (Å²) in [5.74, 6) is 1.49. The fourth-order valence-corrected chi connectivity index (χ4v) is 2.05. The summed E-state index contributed by atoms with van der Waals surface area (Å²) >= 11 is 0. The maximum absolute atomic E-state index is 10.8. The summed E-state index contributed by atoms with van der Waals surface area (Å²) in [5.41, 5.74) is 1.64. The summed E-state index contributed by atoms with van der Waals surface area (Å²) in [4.78, 5) is 10.8. The van der Waals surface area contributed by atoms with Gasteiger partial charge in [-0.1, -0.05) is 26.2 Å². The smallest absolute Gasteiger partial charge is 0.150 e. The minimum Gasteiger partial charge on any atom is -0.496 e. The van der Waals surface area contributed by atoms with E-state index < -0.39 is 0 Å². The lowest BCUT2D eigenvalue weighted by Gasteiger charge is -2.14. The lowest BCUT2D eigenvalue weighted by atomic mass is 10.0. The largest absolute Gasteiger partial charge is 0.496 e. The molecule has 0 saturated carbocycles. The van der Waals surface area contributed by atoms with Gasteiger partial charge in [0.25, 0.3) is 0 Å². The summed E-state index contributed by atoms with van der Waals surface area (Å²) < 4.78 is 10.7. The number of methoxy groups -OCH3 is 2. The number of aldehydes is 1. The maximum atomic E-state index is 10.8. The Morgan fingerprint density at radius 2 is 1.67 bits per heavy atom. The zero-order valence-corrected chi connectivity index (χ0v) is 11.5. The standard InChI is InChI=1S/C15H22O3/c1-4-5-6-7-8-13-14(17-2)9-12(11-16)10-15(13)18-3/h9-11H,4-8H2,1-3H3. The second-order valence-electron chi connectivity index (χ2n) is 4.33. The Hall–Kier alpha value is -1.51. The normalized spacial score (nSPS) is 10.2. The van der Waals surface area contributed by atoms with E-state index in [1.165, 1.54) is 19.3 Å². The zero-order valence-electron chi connectivity index (χ0n) is 11.5. The van der Waals surface area contributed by atoms with Crippen molar-refractivity contribution in [1.29, 1.82) is 0 Å². The van der Waals surface area contributed by atoms with Gasteiger partial charge in [-0.3, -0.25) is 4.79 Å². The highest BCUT2D eigenvalue weighted by Crippen LogP contribution is 2.31. The maximum Gasteiger partial charge on any atom is 0.150 e. The molecular formula is C15H22O3. The molecule has 0 heterocycles. The van der Waals surface area contributed by atoms with Crippen LogP contribution >= 0.6 is 0 Å². The Labute approximate surface area is 109 Å². The zero-order chi connectivity index (χ0) is 13.4. The minimum atomic E-state index is 0.584. The molecule has 1 aromatic rings. The third kappa shape index (κ3) is 3.76. The Morgan fingerprint density at radius 1 is 1.06 bits per heavy atom. The first-order valence-corrected chi connectivity index (χ1v) is 6.46. The van der Waals surface area contributed by atoms with Crippen LogP contribution in [0.25, 0.3) is 0 Å². The molecule has 0 saturated heterocycles. The van der Waals surface area contributed by atoms with Gasteiger partial charge in [0.1, 0.15) is 17.8 Å². The molecule has 0 atom stereocenters. The molecule has 0 spiro atoms. The average molecular weight is 250 g/mol. The van der Waals surface area contributed by atoms with E-state index in [1.807, 2.05) is 0 Å². The molecule has 0 aliphatic heterocycles. The second kappa shape index (κ2) is 7.75. The van der Waals surface area contributed by atoms with Crippen molar-refractivity contribution in [3.8, 4) is 11.5 Å². The van der Waals surface area contributed by atoms with E-state index in [-0.39, 0.29) is 0 Å². The van der Waals surface area contributed by atoms with Gasteiger partial charge in [0.2, 0.25) is 0 Å². The Morgan fingerprint density at radius 3 is 2.11 bits per heavy atom. The van der Waals surface area contributed by atoms with Gasteiger partial charge in [-0.25, -0.2) is 0 Å². The van der Waals surface area contributed by atoms with Gasteiger partial charge in [0.05, 0.1) is 14.2 Å². The molecule has 0 aliphatic carbocycles. The van der Waals surface area contributed by atoms with Crippen LogP contribution in [-0.4, -0.2) is 20.5 Å². The van der Waals surface area contributed by atoms with Crippen LogP contribution in [0.2, 0.25) is 0 Å². The van der Waals surface area contributed by atoms with E-state index in [0.717, 1.165) is 36.2 Å². The van der Waals surface area contributed by atoms with E-state index in [1.54, 1.807) is 26.4 Å². The van der Waals surface area contributed by atoms with Crippen molar-refractivity contribution in [3.63, 3.8) is 0 Å². The summed E-state index contributed by atoms with van der Waals surface area (Å²) in [6, 6.07) is 3.54. The molecule has 100 valence electrons. The molecule has 18 heavy (non-hydrogen) atoms. The van der Waals surface area contributed by atoms with Gasteiger partial charge in [0.15, 0.2) is 0 Å². The van der Waals surface area contributed by atoms with Crippen molar-refractivity contribution in [2.45, 2.75) is 39.0 Å². The highest BCUT2D eigenvalue weighted by Gasteiger charge is 2.11. The number of hydrogen-bond acceptors (Lipinski definition) is 3. The second-order valence-corrected chi connectivity index (χ2v) is 4.33. The van der Waals surface area contributed by atoms with E-state index >= 15 is 0 Å². The topological polar surface area (TPSA) is 35.5 Å². The van der Waals surface area contributed by atoms with Crippen molar-refractivity contribution in [2.24, 2.45) is 0 Å². The van der Waals surface area contributed by atoms with Crippen LogP contribution in [0, 0.1) is 0 Å². The van der Waals surface area contributed by atoms with Gasteiger partial charge in [0, 0.05) is 11.1 Å². The first kappa shape index (κ1) is 14.6. The minimum absolute atomic E-state index is 0.584. The number of ether oxygens (including phenoxy) is 2. The van der Waals surface area contributed by atoms with Crippen LogP contribution in [0.4, 0.5) is 0 Å². The van der Waals surface area contributed by atoms with Crippen LogP contribution in [0.5, 0.6) is 11.5 Å². The Balaban J connectivity index is 2.89. The molecule has 0 radical (unpaired) electrons. The predicted molar refractivity (Wildman–Crippen MR) is 72.8 cm³/mol. The Kier molecular flexibility index (Phi) is 6.26. The summed E-state index contributed by atoms with van der Waals surface area (Å²) in [7, 11) is 3.25. The van der Waals surface area contributed by atoms with E-state index in [0.29, 0.717) is 5.56 Å². The lowest BCUT2D eigenvalue weighted by Crippen LogP contribution is -1.99. The van der Waals surface area contributed by atoms with Crippen molar-refractivity contribution < 1.29 is 14.3 Å². The first-order chi connectivity index (χ1) is 8.76. The van der Waals surface area contributed by atoms with Crippen molar-refractivity contribution in [2.75, 3.05) is 14.2 Å². The fourth-order valence-electron chi connectivity index (χ4n) is 2.05. The molecule has 3 heteroatoms. The predicted octanol–water partition coefficient (Wildman–Crippen LogP) is 3.64. The van der Waals surface area contributed by atoms with Gasteiger partial charge in [-0.05, 0) is 25.0 Å². The summed E-state index contributed by atoms with van der Waals surface area (Å²) in [6.45, 7) is 2.19. The van der Waals surface area contributed by atoms with Crippen LogP contribution in [-0.2, 0) is 6.42 Å². The monoisotopic (exact) mass is 250 g/mol. The molecule has 0 fully saturated rings. The van der Waals surface area contributed by atoms with Crippen LogP contribution < -0.4 is 9.47 Å². The van der Waals surface area contributed by atoms with Gasteiger partial charge in [-0.2, -0.15) is 0 Å². The van der Waals surface area contributed by atoms with E-state index in [9.17, 15) is 4.79 Å². The van der Waals surface area contributed by atoms with Crippen LogP contribution in [0.3, 0.4) is 0 Å². The van der Waals surface area contributed by atoms with E-state index in [2.05, 4.69) is 6.92 Å². The number of rotatable bonds is 8. The SMILES string of the molecule is CCCCCCc1c(OC)cc(C=O)cc1OC. The summed E-state index contributed by atoms with van der Waals surface area (Å²) in [6.07, 6.45) is 6.52. The number of carbonyl (C=O) groups excluding carboxylic acids is 1. The molecule has 1 aromatic carbocycles. The Bertz CT molecular complexity index is 360. The van der Waals surface area contributed by atoms with Crippen LogP contribution in [0.15, 0.2) is 12.1 Å². The molecule has 3 nitrogen and oxygen atoms in total. The molecule has 0 bridgehead atoms. The molecule has 0 aromatic heterocycles. The van der Waals surface area contributed by atoms with Crippen molar-refractivity contribution in [1.82, 2.24) is 0 Å². The van der Waals surface area contributed by atoms with Crippen LogP contribution in [0.1, 0.15) is 48.5 Å². The highest BCUT2D eigenvalue weighted by molar-refractivity contribution is 5.77. The lowest BCUT2D eigenvalue weighted by molar-refractivity contribution is 0.112. The fraction of sp³-hybridized carbons (Fsp3) is 0.533. The molecular weight excluding hydrogens is 228 g/mol. The molecule has 0 aliphatic rings. The number of benzene rings is 1. The summed E-state index contributed by atoms with van der Waals surface area (Å²) in [5, 5.41) is 0. The molecule has 0 N–H and O–H groups in total. The molecule has 0 amide bonds. The quantitative estimate of drug-likeness (QED) is 0.522. The van der Waals surface area contributed by atoms with Crippen molar-refractivity contribution in [3.05, 3.63) is 23.3 Å².